The number of nitrogens with one attached hydrogen (secondary N) is 1. The lowest BCUT2D eigenvalue weighted by Gasteiger charge is -2.28. The lowest BCUT2D eigenvalue weighted by molar-refractivity contribution is 0.111. The summed E-state index contributed by atoms with van der Waals surface area (Å²) in [7, 11) is 0. The molecule has 0 bridgehead atoms. The second-order valence-electron chi connectivity index (χ2n) is 2.57. The van der Waals surface area contributed by atoms with E-state index in [4.69, 9.17) is 17.0 Å². The maximum absolute atomic E-state index is 5.22. The largest absolute Gasteiger partial charge is 0.378 e. The van der Waals surface area contributed by atoms with E-state index in [2.05, 4.69) is 15.2 Å². The van der Waals surface area contributed by atoms with Gasteiger partial charge in [-0.3, -0.25) is 5.10 Å². The van der Waals surface area contributed by atoms with E-state index in [1.54, 1.807) is 6.33 Å². The normalized spacial score (nSPS) is 18.2. The Labute approximate surface area is 74.9 Å². The van der Waals surface area contributed by atoms with Crippen LogP contribution in [0.15, 0.2) is 6.33 Å². The van der Waals surface area contributed by atoms with Crippen LogP contribution < -0.4 is 5.01 Å². The Kier molecular flexibility index (Phi) is 2.09. The van der Waals surface area contributed by atoms with Crippen molar-refractivity contribution >= 4 is 12.2 Å². The molecule has 0 aliphatic carbocycles. The van der Waals surface area contributed by atoms with Gasteiger partial charge in [-0.2, -0.15) is 5.10 Å². The second-order valence-corrected chi connectivity index (χ2v) is 2.96. The van der Waals surface area contributed by atoms with Crippen molar-refractivity contribution in [3.63, 3.8) is 0 Å². The molecule has 2 heterocycles. The Balaban J connectivity index is 2.18. The zero-order valence-electron chi connectivity index (χ0n) is 6.56. The standard InChI is InChI=1S/C6H10N4OS/c12-6-8-7-5-10(6)9-1-3-11-4-2-9/h5H,1-4H2,(H,8,12). The van der Waals surface area contributed by atoms with Gasteiger partial charge in [0.25, 0.3) is 0 Å². The number of hydrogen-bond acceptors (Lipinski definition) is 4. The molecule has 1 N–H and O–H groups in total. The topological polar surface area (TPSA) is 46.1 Å². The minimum absolute atomic E-state index is 0.636. The van der Waals surface area contributed by atoms with Gasteiger partial charge in [-0.05, 0) is 12.2 Å². The Hall–Kier alpha value is -0.880. The van der Waals surface area contributed by atoms with Crippen molar-refractivity contribution in [3.8, 4) is 0 Å². The fourth-order valence-electron chi connectivity index (χ4n) is 1.21. The van der Waals surface area contributed by atoms with E-state index >= 15 is 0 Å². The van der Waals surface area contributed by atoms with E-state index in [0.29, 0.717) is 4.77 Å². The molecule has 0 amide bonds. The summed E-state index contributed by atoms with van der Waals surface area (Å²) in [5.74, 6) is 0. The summed E-state index contributed by atoms with van der Waals surface area (Å²) in [5.41, 5.74) is 0. The quantitative estimate of drug-likeness (QED) is 0.623. The molecule has 1 aromatic rings. The minimum Gasteiger partial charge on any atom is -0.378 e. The molecular formula is C6H10N4OS. The van der Waals surface area contributed by atoms with E-state index in [9.17, 15) is 0 Å². The second kappa shape index (κ2) is 3.24. The number of nitrogens with zero attached hydrogens (tertiary/aromatic N) is 3. The van der Waals surface area contributed by atoms with Crippen molar-refractivity contribution in [2.24, 2.45) is 0 Å². The van der Waals surface area contributed by atoms with Gasteiger partial charge in [-0.1, -0.05) is 0 Å². The van der Waals surface area contributed by atoms with Crippen molar-refractivity contribution in [1.82, 2.24) is 14.9 Å². The summed E-state index contributed by atoms with van der Waals surface area (Å²) in [4.78, 5) is 0. The molecule has 1 fully saturated rings. The first-order valence-electron chi connectivity index (χ1n) is 3.83. The van der Waals surface area contributed by atoms with Gasteiger partial charge in [0.1, 0.15) is 6.33 Å². The summed E-state index contributed by atoms with van der Waals surface area (Å²) in [5, 5.41) is 8.67. The van der Waals surface area contributed by atoms with Crippen molar-refractivity contribution in [2.75, 3.05) is 31.3 Å². The zero-order valence-corrected chi connectivity index (χ0v) is 7.38. The Morgan fingerprint density at radius 3 is 2.83 bits per heavy atom. The number of rotatable bonds is 1. The zero-order chi connectivity index (χ0) is 8.39. The van der Waals surface area contributed by atoms with Gasteiger partial charge < -0.3 is 9.75 Å². The van der Waals surface area contributed by atoms with Crippen molar-refractivity contribution in [2.45, 2.75) is 0 Å². The first-order valence-corrected chi connectivity index (χ1v) is 4.24. The van der Waals surface area contributed by atoms with Gasteiger partial charge in [-0.25, -0.2) is 4.68 Å². The highest BCUT2D eigenvalue weighted by Crippen LogP contribution is 1.96. The highest BCUT2D eigenvalue weighted by atomic mass is 32.1. The first kappa shape index (κ1) is 7.75. The van der Waals surface area contributed by atoms with Crippen molar-refractivity contribution in [3.05, 3.63) is 11.1 Å². The molecule has 66 valence electrons. The van der Waals surface area contributed by atoms with Crippen LogP contribution in [-0.4, -0.2) is 41.2 Å². The molecule has 0 spiro atoms. The van der Waals surface area contributed by atoms with E-state index in [-0.39, 0.29) is 0 Å². The molecule has 12 heavy (non-hydrogen) atoms. The average molecular weight is 186 g/mol. The molecule has 1 saturated heterocycles. The van der Waals surface area contributed by atoms with E-state index in [1.807, 2.05) is 4.68 Å². The van der Waals surface area contributed by atoms with Crippen LogP contribution in [0.3, 0.4) is 0 Å². The van der Waals surface area contributed by atoms with Crippen LogP contribution in [-0.2, 0) is 4.74 Å². The van der Waals surface area contributed by atoms with E-state index in [1.165, 1.54) is 0 Å². The molecule has 1 aliphatic rings. The average Bonchev–Trinajstić information content (AvgIpc) is 2.53. The van der Waals surface area contributed by atoms with Gasteiger partial charge in [0, 0.05) is 0 Å². The number of aromatic amines is 1. The monoisotopic (exact) mass is 186 g/mol. The summed E-state index contributed by atoms with van der Waals surface area (Å²) >= 11 is 5.03. The lowest BCUT2D eigenvalue weighted by atomic mass is 10.5. The van der Waals surface area contributed by atoms with E-state index < -0.39 is 0 Å². The molecule has 6 heteroatoms. The lowest BCUT2D eigenvalue weighted by Crippen LogP contribution is -2.43. The van der Waals surface area contributed by atoms with Crippen LogP contribution >= 0.6 is 12.2 Å². The fourth-order valence-corrected chi connectivity index (χ4v) is 1.43. The molecular weight excluding hydrogens is 176 g/mol. The third-order valence-electron chi connectivity index (χ3n) is 1.83. The van der Waals surface area contributed by atoms with Crippen LogP contribution in [0.25, 0.3) is 0 Å². The molecule has 0 atom stereocenters. The fraction of sp³-hybridized carbons (Fsp3) is 0.667. The van der Waals surface area contributed by atoms with Crippen molar-refractivity contribution < 1.29 is 4.74 Å². The number of morpholine rings is 1. The van der Waals surface area contributed by atoms with Crippen LogP contribution in [0.5, 0.6) is 0 Å². The predicted molar refractivity (Wildman–Crippen MR) is 46.2 cm³/mol. The third kappa shape index (κ3) is 1.35. The Bertz CT molecular complexity index is 300. The molecule has 0 aromatic carbocycles. The molecule has 0 radical (unpaired) electrons. The molecule has 0 saturated carbocycles. The highest BCUT2D eigenvalue weighted by Gasteiger charge is 2.10. The summed E-state index contributed by atoms with van der Waals surface area (Å²) in [6.07, 6.45) is 1.69. The van der Waals surface area contributed by atoms with Gasteiger partial charge in [0.15, 0.2) is 0 Å². The van der Waals surface area contributed by atoms with Gasteiger partial charge >= 0.3 is 0 Å². The van der Waals surface area contributed by atoms with Crippen LogP contribution in [0.1, 0.15) is 0 Å². The maximum Gasteiger partial charge on any atom is 0.214 e. The SMILES string of the molecule is S=c1[nH]ncn1N1CCOCC1. The maximum atomic E-state index is 5.22. The molecule has 2 rings (SSSR count). The summed E-state index contributed by atoms with van der Waals surface area (Å²) in [6.45, 7) is 3.25. The molecule has 5 nitrogen and oxygen atoms in total. The molecule has 1 aromatic heterocycles. The summed E-state index contributed by atoms with van der Waals surface area (Å²) < 4.78 is 7.70. The summed E-state index contributed by atoms with van der Waals surface area (Å²) in [6, 6.07) is 0. The Morgan fingerprint density at radius 1 is 1.50 bits per heavy atom. The van der Waals surface area contributed by atoms with Crippen molar-refractivity contribution in [1.29, 1.82) is 0 Å². The van der Waals surface area contributed by atoms with E-state index in [0.717, 1.165) is 26.3 Å². The number of hydrogen-bond donors (Lipinski definition) is 1. The van der Waals surface area contributed by atoms with Gasteiger partial charge in [0.05, 0.1) is 26.3 Å². The van der Waals surface area contributed by atoms with Crippen LogP contribution in [0.4, 0.5) is 0 Å². The number of aromatic nitrogens is 3. The van der Waals surface area contributed by atoms with Crippen LogP contribution in [0.2, 0.25) is 0 Å². The molecule has 0 unspecified atom stereocenters. The first-order chi connectivity index (χ1) is 5.88. The predicted octanol–water partition coefficient (Wildman–Crippen LogP) is -0.0911. The smallest absolute Gasteiger partial charge is 0.214 e. The highest BCUT2D eigenvalue weighted by molar-refractivity contribution is 7.71. The van der Waals surface area contributed by atoms with Gasteiger partial charge in [-0.15, -0.1) is 0 Å². The van der Waals surface area contributed by atoms with Crippen LogP contribution in [0, 0.1) is 4.77 Å². The number of H-pyrrole nitrogens is 1. The third-order valence-corrected chi connectivity index (χ3v) is 2.11. The van der Waals surface area contributed by atoms with Gasteiger partial charge in [0.2, 0.25) is 4.77 Å². The molecule has 1 aliphatic heterocycles. The number of ether oxygens (including phenoxy) is 1. The Morgan fingerprint density at radius 2 is 2.25 bits per heavy atom. The minimum atomic E-state index is 0.636.